The maximum atomic E-state index is 13.1. The van der Waals surface area contributed by atoms with Gasteiger partial charge in [0.15, 0.2) is 0 Å². The predicted molar refractivity (Wildman–Crippen MR) is 125 cm³/mol. The highest BCUT2D eigenvalue weighted by atomic mass is 16.5. The van der Waals surface area contributed by atoms with Gasteiger partial charge in [0.05, 0.1) is 41.6 Å². The third kappa shape index (κ3) is 4.75. The molecular formula is C26H31N3O3. The topological polar surface area (TPSA) is 64.6 Å². The number of piperidine rings is 1. The number of methoxy groups -OCH3 is 1. The zero-order valence-corrected chi connectivity index (χ0v) is 19.1. The van der Waals surface area contributed by atoms with E-state index in [1.54, 1.807) is 7.11 Å². The molecule has 0 amide bonds. The van der Waals surface area contributed by atoms with Crippen LogP contribution in [0, 0.1) is 12.3 Å². The summed E-state index contributed by atoms with van der Waals surface area (Å²) >= 11 is 0. The maximum Gasteiger partial charge on any atom is 0.312 e. The molecule has 1 aliphatic heterocycles. The van der Waals surface area contributed by atoms with Gasteiger partial charge < -0.3 is 9.47 Å². The van der Waals surface area contributed by atoms with E-state index in [1.807, 2.05) is 56.3 Å². The number of hydrogen-bond acceptors (Lipinski definition) is 6. The fourth-order valence-electron chi connectivity index (χ4n) is 4.54. The number of aryl methyl sites for hydroxylation is 1. The van der Waals surface area contributed by atoms with Gasteiger partial charge in [0.25, 0.3) is 0 Å². The number of ether oxygens (including phenoxy) is 2. The van der Waals surface area contributed by atoms with Crippen molar-refractivity contribution in [2.75, 3.05) is 26.8 Å². The molecule has 0 N–H and O–H groups in total. The van der Waals surface area contributed by atoms with E-state index in [0.29, 0.717) is 13.0 Å². The van der Waals surface area contributed by atoms with Crippen molar-refractivity contribution >= 4 is 17.0 Å². The van der Waals surface area contributed by atoms with Gasteiger partial charge in [0.1, 0.15) is 5.75 Å². The largest absolute Gasteiger partial charge is 0.497 e. The van der Waals surface area contributed by atoms with Gasteiger partial charge >= 0.3 is 5.97 Å². The minimum Gasteiger partial charge on any atom is -0.497 e. The average Bonchev–Trinajstić information content (AvgIpc) is 2.81. The summed E-state index contributed by atoms with van der Waals surface area (Å²) in [7, 11) is 1.66. The molecule has 0 radical (unpaired) electrons. The van der Waals surface area contributed by atoms with Crippen LogP contribution in [0.5, 0.6) is 5.75 Å². The Labute approximate surface area is 189 Å². The lowest BCUT2D eigenvalue weighted by Gasteiger charge is -2.40. The molecule has 0 saturated carbocycles. The van der Waals surface area contributed by atoms with E-state index >= 15 is 0 Å². The first-order valence-corrected chi connectivity index (χ1v) is 11.3. The van der Waals surface area contributed by atoms with Gasteiger partial charge in [0, 0.05) is 6.54 Å². The SMILES string of the molecule is CCOC(=O)C1(Cc2cccc(OC)c2)CCN(Cc2nc3ccccc3nc2C)CC1. The molecule has 0 atom stereocenters. The number of nitrogens with zero attached hydrogens (tertiary/aromatic N) is 3. The van der Waals surface area contributed by atoms with E-state index in [-0.39, 0.29) is 5.97 Å². The zero-order chi connectivity index (χ0) is 22.6. The molecule has 0 unspecified atom stereocenters. The summed E-state index contributed by atoms with van der Waals surface area (Å²) in [6, 6.07) is 15.9. The molecule has 0 spiro atoms. The standard InChI is InChI=1S/C26H31N3O3/c1-4-32-25(30)26(17-20-8-7-9-21(16-20)31-3)12-14-29(15-13-26)18-24-19(2)27-22-10-5-6-11-23(22)28-24/h5-11,16H,4,12-15,17-18H2,1-3H3. The quantitative estimate of drug-likeness (QED) is 0.517. The van der Waals surface area contributed by atoms with Crippen LogP contribution in [0.2, 0.25) is 0 Å². The summed E-state index contributed by atoms with van der Waals surface area (Å²) in [4.78, 5) is 25.0. The lowest BCUT2D eigenvalue weighted by atomic mass is 9.73. The second-order valence-corrected chi connectivity index (χ2v) is 8.55. The van der Waals surface area contributed by atoms with Crippen molar-refractivity contribution in [3.05, 3.63) is 65.5 Å². The summed E-state index contributed by atoms with van der Waals surface area (Å²) in [5.41, 5.74) is 4.39. The molecule has 0 bridgehead atoms. The van der Waals surface area contributed by atoms with Crippen LogP contribution in [0.15, 0.2) is 48.5 Å². The fraction of sp³-hybridized carbons (Fsp3) is 0.423. The summed E-state index contributed by atoms with van der Waals surface area (Å²) in [6.45, 7) is 6.65. The molecular weight excluding hydrogens is 402 g/mol. The van der Waals surface area contributed by atoms with Crippen molar-refractivity contribution in [2.45, 2.75) is 39.7 Å². The molecule has 6 nitrogen and oxygen atoms in total. The van der Waals surface area contributed by atoms with Gasteiger partial charge in [-0.2, -0.15) is 0 Å². The lowest BCUT2D eigenvalue weighted by Crippen LogP contribution is -2.46. The monoisotopic (exact) mass is 433 g/mol. The molecule has 32 heavy (non-hydrogen) atoms. The highest BCUT2D eigenvalue weighted by Crippen LogP contribution is 2.37. The van der Waals surface area contributed by atoms with Crippen LogP contribution in [0.3, 0.4) is 0 Å². The van der Waals surface area contributed by atoms with Crippen LogP contribution < -0.4 is 4.74 Å². The highest BCUT2D eigenvalue weighted by Gasteiger charge is 2.42. The second kappa shape index (κ2) is 9.65. The predicted octanol–water partition coefficient (Wildman–Crippen LogP) is 4.33. The van der Waals surface area contributed by atoms with Crippen LogP contribution in [-0.4, -0.2) is 47.6 Å². The lowest BCUT2D eigenvalue weighted by molar-refractivity contribution is -0.158. The van der Waals surface area contributed by atoms with Crippen molar-refractivity contribution in [1.82, 2.24) is 14.9 Å². The number of benzene rings is 2. The van der Waals surface area contributed by atoms with Gasteiger partial charge in [-0.25, -0.2) is 9.97 Å². The number of aromatic nitrogens is 2. The molecule has 6 heteroatoms. The number of fused-ring (bicyclic) bond motifs is 1. The minimum absolute atomic E-state index is 0.0934. The van der Waals surface area contributed by atoms with Crippen LogP contribution in [-0.2, 0) is 22.5 Å². The van der Waals surface area contributed by atoms with E-state index in [0.717, 1.165) is 66.2 Å². The first-order valence-electron chi connectivity index (χ1n) is 11.3. The Morgan fingerprint density at radius 2 is 1.78 bits per heavy atom. The van der Waals surface area contributed by atoms with Gasteiger partial charge in [-0.05, 0) is 76.0 Å². The fourth-order valence-corrected chi connectivity index (χ4v) is 4.54. The number of carbonyl (C=O) groups excluding carboxylic acids is 1. The Morgan fingerprint density at radius 1 is 1.06 bits per heavy atom. The Kier molecular flexibility index (Phi) is 6.70. The molecule has 1 saturated heterocycles. The van der Waals surface area contributed by atoms with Gasteiger partial charge in [-0.15, -0.1) is 0 Å². The van der Waals surface area contributed by atoms with E-state index < -0.39 is 5.41 Å². The molecule has 168 valence electrons. The molecule has 2 aromatic carbocycles. The van der Waals surface area contributed by atoms with E-state index in [9.17, 15) is 4.79 Å². The van der Waals surface area contributed by atoms with Crippen molar-refractivity contribution in [3.8, 4) is 5.75 Å². The first-order chi connectivity index (χ1) is 15.5. The Hall–Kier alpha value is -2.99. The normalized spacial score (nSPS) is 16.1. The first kappa shape index (κ1) is 22.2. The summed E-state index contributed by atoms with van der Waals surface area (Å²) in [5.74, 6) is 0.716. The van der Waals surface area contributed by atoms with Crippen LogP contribution in [0.4, 0.5) is 0 Å². The third-order valence-electron chi connectivity index (χ3n) is 6.41. The molecule has 1 fully saturated rings. The molecule has 3 aromatic rings. The number of esters is 1. The van der Waals surface area contributed by atoms with Crippen molar-refractivity contribution in [2.24, 2.45) is 5.41 Å². The number of para-hydroxylation sites is 2. The third-order valence-corrected chi connectivity index (χ3v) is 6.41. The zero-order valence-electron chi connectivity index (χ0n) is 19.1. The number of rotatable bonds is 7. The van der Waals surface area contributed by atoms with Gasteiger partial charge in [0.2, 0.25) is 0 Å². The van der Waals surface area contributed by atoms with Crippen molar-refractivity contribution in [1.29, 1.82) is 0 Å². The van der Waals surface area contributed by atoms with Gasteiger partial charge in [-0.3, -0.25) is 9.69 Å². The minimum atomic E-state index is -0.511. The Bertz CT molecular complexity index is 1090. The molecule has 2 heterocycles. The van der Waals surface area contributed by atoms with Crippen LogP contribution >= 0.6 is 0 Å². The van der Waals surface area contributed by atoms with Crippen molar-refractivity contribution in [3.63, 3.8) is 0 Å². The number of likely N-dealkylation sites (tertiary alicyclic amines) is 1. The summed E-state index contributed by atoms with van der Waals surface area (Å²) < 4.78 is 10.9. The van der Waals surface area contributed by atoms with Crippen molar-refractivity contribution < 1.29 is 14.3 Å². The molecule has 0 aliphatic carbocycles. The molecule has 4 rings (SSSR count). The van der Waals surface area contributed by atoms with E-state index in [4.69, 9.17) is 19.4 Å². The summed E-state index contributed by atoms with van der Waals surface area (Å²) in [6.07, 6.45) is 2.16. The second-order valence-electron chi connectivity index (χ2n) is 8.55. The number of hydrogen-bond donors (Lipinski definition) is 0. The van der Waals surface area contributed by atoms with Crippen LogP contribution in [0.25, 0.3) is 11.0 Å². The number of carbonyl (C=O) groups is 1. The highest BCUT2D eigenvalue weighted by molar-refractivity contribution is 5.77. The summed E-state index contributed by atoms with van der Waals surface area (Å²) in [5, 5.41) is 0. The Morgan fingerprint density at radius 3 is 2.47 bits per heavy atom. The molecule has 1 aliphatic rings. The maximum absolute atomic E-state index is 13.1. The van der Waals surface area contributed by atoms with Crippen LogP contribution in [0.1, 0.15) is 36.7 Å². The van der Waals surface area contributed by atoms with Gasteiger partial charge in [-0.1, -0.05) is 24.3 Å². The van der Waals surface area contributed by atoms with E-state index in [2.05, 4.69) is 11.0 Å². The van der Waals surface area contributed by atoms with E-state index in [1.165, 1.54) is 0 Å². The molecule has 1 aromatic heterocycles. The Balaban J connectivity index is 1.50. The smallest absolute Gasteiger partial charge is 0.312 e. The average molecular weight is 434 g/mol.